The van der Waals surface area contributed by atoms with Gasteiger partial charge < -0.3 is 14.2 Å². The first-order chi connectivity index (χ1) is 10.2. The van der Waals surface area contributed by atoms with Crippen LogP contribution < -0.4 is 0 Å². The lowest BCUT2D eigenvalue weighted by Gasteiger charge is -2.13. The Morgan fingerprint density at radius 3 is 2.62 bits per heavy atom. The van der Waals surface area contributed by atoms with E-state index < -0.39 is 11.9 Å². The standard InChI is InChI=1S/C16H18O5/c1-19-15(17)12-7-4-3-6-11(12)10-13(16(18)20-2)14-8-5-9-21-14/h3-4,6-7,10,14H,5,8-9H2,1-2H3. The summed E-state index contributed by atoms with van der Waals surface area (Å²) < 4.78 is 15.1. The molecule has 21 heavy (non-hydrogen) atoms. The van der Waals surface area contributed by atoms with Crippen molar-refractivity contribution in [2.45, 2.75) is 18.9 Å². The van der Waals surface area contributed by atoms with E-state index in [1.54, 1.807) is 30.3 Å². The average Bonchev–Trinajstić information content (AvgIpc) is 3.05. The number of benzene rings is 1. The molecule has 0 aromatic heterocycles. The molecular weight excluding hydrogens is 272 g/mol. The van der Waals surface area contributed by atoms with Crippen LogP contribution in [0.15, 0.2) is 29.8 Å². The molecule has 0 bridgehead atoms. The maximum atomic E-state index is 12.0. The highest BCUT2D eigenvalue weighted by molar-refractivity contribution is 5.99. The molecule has 5 heteroatoms. The summed E-state index contributed by atoms with van der Waals surface area (Å²) in [5.41, 5.74) is 1.44. The summed E-state index contributed by atoms with van der Waals surface area (Å²) >= 11 is 0. The number of hydrogen-bond acceptors (Lipinski definition) is 5. The van der Waals surface area contributed by atoms with Crippen molar-refractivity contribution in [2.75, 3.05) is 20.8 Å². The molecule has 1 aromatic rings. The van der Waals surface area contributed by atoms with Gasteiger partial charge in [0.15, 0.2) is 0 Å². The van der Waals surface area contributed by atoms with Gasteiger partial charge in [-0.2, -0.15) is 0 Å². The van der Waals surface area contributed by atoms with Crippen molar-refractivity contribution < 1.29 is 23.8 Å². The summed E-state index contributed by atoms with van der Waals surface area (Å²) in [4.78, 5) is 23.7. The zero-order chi connectivity index (χ0) is 15.2. The Morgan fingerprint density at radius 2 is 2.00 bits per heavy atom. The van der Waals surface area contributed by atoms with Gasteiger partial charge in [-0.05, 0) is 30.5 Å². The van der Waals surface area contributed by atoms with E-state index in [9.17, 15) is 9.59 Å². The summed E-state index contributed by atoms with van der Waals surface area (Å²) in [7, 11) is 2.65. The van der Waals surface area contributed by atoms with E-state index in [0.717, 1.165) is 12.8 Å². The third-order valence-corrected chi connectivity index (χ3v) is 3.37. The first kappa shape index (κ1) is 15.3. The molecular formula is C16H18O5. The number of carbonyl (C=O) groups is 2. The van der Waals surface area contributed by atoms with Gasteiger partial charge in [0.25, 0.3) is 0 Å². The molecule has 1 heterocycles. The predicted molar refractivity (Wildman–Crippen MR) is 76.7 cm³/mol. The molecule has 1 aromatic carbocycles. The Morgan fingerprint density at radius 1 is 1.24 bits per heavy atom. The van der Waals surface area contributed by atoms with Crippen LogP contribution in [0.25, 0.3) is 6.08 Å². The molecule has 1 unspecified atom stereocenters. The SMILES string of the molecule is COC(=O)C(=Cc1ccccc1C(=O)OC)C1CCCO1. The number of methoxy groups -OCH3 is 2. The second-order valence-corrected chi connectivity index (χ2v) is 4.67. The quantitative estimate of drug-likeness (QED) is 0.628. The van der Waals surface area contributed by atoms with Crippen LogP contribution in [-0.4, -0.2) is 38.9 Å². The molecule has 1 fully saturated rings. The molecule has 0 amide bonds. The predicted octanol–water partition coefficient (Wildman–Crippen LogP) is 2.21. The number of esters is 2. The Hall–Kier alpha value is -2.14. The molecule has 5 nitrogen and oxygen atoms in total. The molecule has 1 atom stereocenters. The zero-order valence-corrected chi connectivity index (χ0v) is 12.1. The van der Waals surface area contributed by atoms with E-state index in [1.807, 2.05) is 0 Å². The lowest BCUT2D eigenvalue weighted by molar-refractivity contribution is -0.137. The minimum absolute atomic E-state index is 0.289. The average molecular weight is 290 g/mol. The van der Waals surface area contributed by atoms with Crippen LogP contribution in [0.2, 0.25) is 0 Å². The molecule has 1 saturated heterocycles. The van der Waals surface area contributed by atoms with E-state index >= 15 is 0 Å². The summed E-state index contributed by atoms with van der Waals surface area (Å²) in [5, 5.41) is 0. The smallest absolute Gasteiger partial charge is 0.338 e. The molecule has 0 aliphatic carbocycles. The zero-order valence-electron chi connectivity index (χ0n) is 12.1. The van der Waals surface area contributed by atoms with Crippen LogP contribution >= 0.6 is 0 Å². The molecule has 0 radical (unpaired) electrons. The van der Waals surface area contributed by atoms with E-state index in [0.29, 0.717) is 23.3 Å². The van der Waals surface area contributed by atoms with Crippen LogP contribution in [0.1, 0.15) is 28.8 Å². The summed E-state index contributed by atoms with van der Waals surface area (Å²) in [6.07, 6.45) is 3.02. The second kappa shape index (κ2) is 7.04. The highest BCUT2D eigenvalue weighted by Crippen LogP contribution is 2.24. The van der Waals surface area contributed by atoms with E-state index in [4.69, 9.17) is 14.2 Å². The largest absolute Gasteiger partial charge is 0.466 e. The van der Waals surface area contributed by atoms with Crippen molar-refractivity contribution in [3.8, 4) is 0 Å². The van der Waals surface area contributed by atoms with Gasteiger partial charge in [0.2, 0.25) is 0 Å². The van der Waals surface area contributed by atoms with Crippen LogP contribution in [0.3, 0.4) is 0 Å². The van der Waals surface area contributed by atoms with Crippen LogP contribution in [0.5, 0.6) is 0 Å². The third kappa shape index (κ3) is 3.49. The summed E-state index contributed by atoms with van der Waals surface area (Å²) in [6, 6.07) is 6.95. The number of hydrogen-bond donors (Lipinski definition) is 0. The van der Waals surface area contributed by atoms with E-state index in [1.165, 1.54) is 14.2 Å². The highest BCUT2D eigenvalue weighted by Gasteiger charge is 2.26. The maximum absolute atomic E-state index is 12.0. The fraction of sp³-hybridized carbons (Fsp3) is 0.375. The molecule has 0 N–H and O–H groups in total. The Kier molecular flexibility index (Phi) is 5.11. The Labute approximate surface area is 123 Å². The van der Waals surface area contributed by atoms with Gasteiger partial charge >= 0.3 is 11.9 Å². The molecule has 112 valence electrons. The normalized spacial score (nSPS) is 18.4. The minimum atomic E-state index is -0.446. The van der Waals surface area contributed by atoms with Crippen LogP contribution in [-0.2, 0) is 19.0 Å². The van der Waals surface area contributed by atoms with E-state index in [2.05, 4.69) is 0 Å². The van der Waals surface area contributed by atoms with Crippen LogP contribution in [0, 0.1) is 0 Å². The van der Waals surface area contributed by atoms with Crippen LogP contribution in [0.4, 0.5) is 0 Å². The molecule has 1 aliphatic heterocycles. The van der Waals surface area contributed by atoms with Gasteiger partial charge in [-0.15, -0.1) is 0 Å². The lowest BCUT2D eigenvalue weighted by atomic mass is 10.0. The van der Waals surface area contributed by atoms with Crippen molar-refractivity contribution in [1.29, 1.82) is 0 Å². The number of carbonyl (C=O) groups excluding carboxylic acids is 2. The molecule has 2 rings (SSSR count). The first-order valence-electron chi connectivity index (χ1n) is 6.76. The van der Waals surface area contributed by atoms with Crippen molar-refractivity contribution in [2.24, 2.45) is 0 Å². The van der Waals surface area contributed by atoms with Crippen molar-refractivity contribution in [3.05, 3.63) is 41.0 Å². The summed E-state index contributed by atoms with van der Waals surface area (Å²) in [6.45, 7) is 0.623. The third-order valence-electron chi connectivity index (χ3n) is 3.37. The Balaban J connectivity index is 2.42. The lowest BCUT2D eigenvalue weighted by Crippen LogP contribution is -2.18. The number of ether oxygens (including phenoxy) is 3. The van der Waals surface area contributed by atoms with Gasteiger partial charge in [0, 0.05) is 6.61 Å². The monoisotopic (exact) mass is 290 g/mol. The van der Waals surface area contributed by atoms with Gasteiger partial charge in [-0.3, -0.25) is 0 Å². The second-order valence-electron chi connectivity index (χ2n) is 4.67. The summed E-state index contributed by atoms with van der Waals surface area (Å²) in [5.74, 6) is -0.889. The van der Waals surface area contributed by atoms with Gasteiger partial charge in [-0.25, -0.2) is 9.59 Å². The fourth-order valence-corrected chi connectivity index (χ4v) is 2.31. The minimum Gasteiger partial charge on any atom is -0.466 e. The highest BCUT2D eigenvalue weighted by atomic mass is 16.5. The maximum Gasteiger partial charge on any atom is 0.338 e. The van der Waals surface area contributed by atoms with Crippen molar-refractivity contribution in [1.82, 2.24) is 0 Å². The topological polar surface area (TPSA) is 61.8 Å². The van der Waals surface area contributed by atoms with Crippen molar-refractivity contribution in [3.63, 3.8) is 0 Å². The van der Waals surface area contributed by atoms with Crippen molar-refractivity contribution >= 4 is 18.0 Å². The molecule has 1 aliphatic rings. The van der Waals surface area contributed by atoms with E-state index in [-0.39, 0.29) is 6.10 Å². The van der Waals surface area contributed by atoms with Gasteiger partial charge in [-0.1, -0.05) is 18.2 Å². The fourth-order valence-electron chi connectivity index (χ4n) is 2.31. The number of rotatable bonds is 4. The van der Waals surface area contributed by atoms with Gasteiger partial charge in [0.05, 0.1) is 31.5 Å². The molecule has 0 saturated carbocycles. The molecule has 0 spiro atoms. The first-order valence-corrected chi connectivity index (χ1v) is 6.76. The van der Waals surface area contributed by atoms with Gasteiger partial charge in [0.1, 0.15) is 0 Å². The Bertz CT molecular complexity index is 556.